The molecule has 124 valence electrons. The smallest absolute Gasteiger partial charge is 0.307 e. The van der Waals surface area contributed by atoms with Crippen LogP contribution in [0.4, 0.5) is 10.1 Å². The van der Waals surface area contributed by atoms with Crippen molar-refractivity contribution in [2.45, 2.75) is 6.42 Å². The summed E-state index contributed by atoms with van der Waals surface area (Å²) in [5, 5.41) is 12.0. The van der Waals surface area contributed by atoms with E-state index in [0.29, 0.717) is 11.3 Å². The Morgan fingerprint density at radius 2 is 2.00 bits per heavy atom. The van der Waals surface area contributed by atoms with Crippen molar-refractivity contribution in [1.82, 2.24) is 4.98 Å². The van der Waals surface area contributed by atoms with Gasteiger partial charge in [0.2, 0.25) is 5.88 Å². The SMILES string of the molecule is O=c1[nH]c(O)c(C(Cc2ccc(F)cc2)=c2cccc3c2=CC=N3)s1. The molecule has 25 heavy (non-hydrogen) atoms. The minimum atomic E-state index is -0.322. The minimum Gasteiger partial charge on any atom is -0.493 e. The number of halogens is 1. The molecular weight excluding hydrogens is 339 g/mol. The van der Waals surface area contributed by atoms with Gasteiger partial charge in [-0.2, -0.15) is 0 Å². The number of aromatic amines is 1. The van der Waals surface area contributed by atoms with Crippen molar-refractivity contribution >= 4 is 34.9 Å². The molecule has 0 bridgehead atoms. The highest BCUT2D eigenvalue weighted by atomic mass is 32.1. The molecule has 0 spiro atoms. The predicted octanol–water partition coefficient (Wildman–Crippen LogP) is 2.22. The molecule has 2 N–H and O–H groups in total. The number of fused-ring (bicyclic) bond motifs is 1. The summed E-state index contributed by atoms with van der Waals surface area (Å²) in [7, 11) is 0. The summed E-state index contributed by atoms with van der Waals surface area (Å²) in [6, 6.07) is 11.9. The number of thiazole rings is 1. The largest absolute Gasteiger partial charge is 0.493 e. The molecule has 0 atom stereocenters. The van der Waals surface area contributed by atoms with Gasteiger partial charge in [0.05, 0.1) is 10.6 Å². The molecule has 3 aromatic rings. The Morgan fingerprint density at radius 1 is 1.20 bits per heavy atom. The van der Waals surface area contributed by atoms with Crippen molar-refractivity contribution in [2.75, 3.05) is 0 Å². The molecular formula is C19H13FN2O2S. The van der Waals surface area contributed by atoms with E-state index in [0.717, 1.165) is 38.6 Å². The van der Waals surface area contributed by atoms with Gasteiger partial charge in [0.1, 0.15) is 5.82 Å². The third-order valence-electron chi connectivity index (χ3n) is 4.06. The van der Waals surface area contributed by atoms with Gasteiger partial charge < -0.3 is 5.11 Å². The summed E-state index contributed by atoms with van der Waals surface area (Å²) in [5.41, 5.74) is 2.52. The van der Waals surface area contributed by atoms with Gasteiger partial charge in [0.25, 0.3) is 0 Å². The van der Waals surface area contributed by atoms with Gasteiger partial charge in [-0.15, -0.1) is 0 Å². The minimum absolute atomic E-state index is 0.149. The highest BCUT2D eigenvalue weighted by molar-refractivity contribution is 7.10. The van der Waals surface area contributed by atoms with E-state index in [2.05, 4.69) is 9.98 Å². The number of rotatable bonds is 3. The molecule has 1 aliphatic heterocycles. The van der Waals surface area contributed by atoms with Gasteiger partial charge in [-0.05, 0) is 47.1 Å². The topological polar surface area (TPSA) is 65.5 Å². The van der Waals surface area contributed by atoms with Crippen LogP contribution >= 0.6 is 11.3 Å². The molecule has 0 unspecified atom stereocenters. The highest BCUT2D eigenvalue weighted by Crippen LogP contribution is 2.26. The third-order valence-corrected chi connectivity index (χ3v) is 4.99. The Morgan fingerprint density at radius 3 is 2.72 bits per heavy atom. The number of hydrogen-bond acceptors (Lipinski definition) is 4. The number of nitrogens with zero attached hydrogens (tertiary/aromatic N) is 1. The van der Waals surface area contributed by atoms with E-state index in [-0.39, 0.29) is 16.6 Å². The Hall–Kier alpha value is -2.99. The summed E-state index contributed by atoms with van der Waals surface area (Å²) in [4.78, 5) is 18.6. The zero-order chi connectivity index (χ0) is 17.4. The van der Waals surface area contributed by atoms with Gasteiger partial charge >= 0.3 is 4.87 Å². The third kappa shape index (κ3) is 2.92. The molecule has 0 aliphatic carbocycles. The fourth-order valence-corrected chi connectivity index (χ4v) is 3.71. The van der Waals surface area contributed by atoms with Crippen molar-refractivity contribution in [3.63, 3.8) is 0 Å². The van der Waals surface area contributed by atoms with Crippen LogP contribution in [0, 0.1) is 5.82 Å². The van der Waals surface area contributed by atoms with E-state index >= 15 is 0 Å². The van der Waals surface area contributed by atoms with Crippen LogP contribution in [-0.4, -0.2) is 16.3 Å². The molecule has 1 aliphatic rings. The predicted molar refractivity (Wildman–Crippen MR) is 97.5 cm³/mol. The molecule has 4 rings (SSSR count). The lowest BCUT2D eigenvalue weighted by atomic mass is 10.00. The lowest BCUT2D eigenvalue weighted by Crippen LogP contribution is -2.27. The van der Waals surface area contributed by atoms with E-state index < -0.39 is 0 Å². The second-order valence-corrected chi connectivity index (χ2v) is 6.64. The van der Waals surface area contributed by atoms with Gasteiger partial charge in [0, 0.05) is 11.4 Å². The molecule has 1 aromatic heterocycles. The summed E-state index contributed by atoms with van der Waals surface area (Å²) in [5.74, 6) is -0.453. The van der Waals surface area contributed by atoms with E-state index in [1.54, 1.807) is 18.3 Å². The van der Waals surface area contributed by atoms with E-state index in [4.69, 9.17) is 0 Å². The number of H-pyrrole nitrogens is 1. The van der Waals surface area contributed by atoms with Crippen molar-refractivity contribution in [2.24, 2.45) is 4.99 Å². The van der Waals surface area contributed by atoms with Crippen molar-refractivity contribution in [3.8, 4) is 5.88 Å². The van der Waals surface area contributed by atoms with Crippen LogP contribution in [0.25, 0.3) is 11.6 Å². The molecule has 0 fully saturated rings. The van der Waals surface area contributed by atoms with Crippen LogP contribution in [-0.2, 0) is 6.42 Å². The molecule has 6 heteroatoms. The molecule has 0 saturated heterocycles. The van der Waals surface area contributed by atoms with Crippen LogP contribution in [0.2, 0.25) is 0 Å². The standard InChI is InChI=1S/C19H13FN2O2S/c20-12-6-4-11(5-7-12)10-15(17-18(23)22-19(24)25-17)13-2-1-3-16-14(13)8-9-21-16/h1-9,23H,10H2,(H,22,24). The van der Waals surface area contributed by atoms with Crippen molar-refractivity contribution in [1.29, 1.82) is 0 Å². The first-order chi connectivity index (χ1) is 12.1. The Labute approximate surface area is 145 Å². The summed E-state index contributed by atoms with van der Waals surface area (Å²) in [6.07, 6.45) is 4.08. The van der Waals surface area contributed by atoms with Crippen LogP contribution in [0.3, 0.4) is 0 Å². The quantitative estimate of drug-likeness (QED) is 0.759. The Balaban J connectivity index is 1.99. The van der Waals surface area contributed by atoms with Crippen molar-refractivity contribution < 1.29 is 9.50 Å². The number of benzene rings is 2. The lowest BCUT2D eigenvalue weighted by molar-refractivity contribution is 0.454. The van der Waals surface area contributed by atoms with E-state index in [1.807, 2.05) is 24.3 Å². The molecule has 4 nitrogen and oxygen atoms in total. The zero-order valence-electron chi connectivity index (χ0n) is 13.0. The van der Waals surface area contributed by atoms with Gasteiger partial charge in [-0.1, -0.05) is 35.6 Å². The average Bonchev–Trinajstić information content (AvgIpc) is 3.20. The van der Waals surface area contributed by atoms with Crippen LogP contribution in [0.15, 0.2) is 52.3 Å². The zero-order valence-corrected chi connectivity index (χ0v) is 13.8. The van der Waals surface area contributed by atoms with Crippen LogP contribution in [0.1, 0.15) is 10.4 Å². The number of aliphatic imine (C=N–C) groups is 1. The number of aromatic hydroxyl groups is 1. The normalized spacial score (nSPS) is 13.5. The van der Waals surface area contributed by atoms with Gasteiger partial charge in [0.15, 0.2) is 0 Å². The second kappa shape index (κ2) is 6.14. The number of nitrogens with one attached hydrogen (secondary N) is 1. The Bertz CT molecular complexity index is 1160. The van der Waals surface area contributed by atoms with E-state index in [1.165, 1.54) is 12.1 Å². The first-order valence-electron chi connectivity index (χ1n) is 7.65. The molecule has 2 aromatic carbocycles. The van der Waals surface area contributed by atoms with Crippen molar-refractivity contribution in [3.05, 3.63) is 78.8 Å². The maximum Gasteiger partial charge on any atom is 0.307 e. The second-order valence-electron chi connectivity index (χ2n) is 5.66. The van der Waals surface area contributed by atoms with Gasteiger partial charge in [-0.25, -0.2) is 4.39 Å². The van der Waals surface area contributed by atoms with Gasteiger partial charge in [-0.3, -0.25) is 14.8 Å². The number of hydrogen-bond donors (Lipinski definition) is 2. The lowest BCUT2D eigenvalue weighted by Gasteiger charge is -2.08. The number of aromatic nitrogens is 1. The fraction of sp³-hybridized carbons (Fsp3) is 0.0526. The maximum absolute atomic E-state index is 13.2. The fourth-order valence-electron chi connectivity index (χ4n) is 2.92. The maximum atomic E-state index is 13.2. The first kappa shape index (κ1) is 15.5. The van der Waals surface area contributed by atoms with Crippen LogP contribution in [0.5, 0.6) is 5.88 Å². The Kier molecular flexibility index (Phi) is 3.82. The average molecular weight is 352 g/mol. The summed E-state index contributed by atoms with van der Waals surface area (Å²) in [6.45, 7) is 0. The molecule has 2 heterocycles. The molecule has 0 amide bonds. The van der Waals surface area contributed by atoms with Crippen LogP contribution < -0.4 is 15.3 Å². The monoisotopic (exact) mass is 352 g/mol. The molecule has 0 saturated carbocycles. The summed E-state index contributed by atoms with van der Waals surface area (Å²) >= 11 is 0.958. The first-order valence-corrected chi connectivity index (χ1v) is 8.47. The van der Waals surface area contributed by atoms with E-state index in [9.17, 15) is 14.3 Å². The molecule has 0 radical (unpaired) electrons. The summed E-state index contributed by atoms with van der Waals surface area (Å²) < 4.78 is 13.2. The highest BCUT2D eigenvalue weighted by Gasteiger charge is 2.15.